The molecule has 146 valence electrons. The summed E-state index contributed by atoms with van der Waals surface area (Å²) in [6.07, 6.45) is -0.0117. The summed E-state index contributed by atoms with van der Waals surface area (Å²) in [5.74, 6) is -0.961. The lowest BCUT2D eigenvalue weighted by atomic mass is 10.2. The molecule has 0 bridgehead atoms. The number of nitrogens with zero attached hydrogens (tertiary/aromatic N) is 2. The van der Waals surface area contributed by atoms with E-state index in [-0.39, 0.29) is 23.9 Å². The van der Waals surface area contributed by atoms with E-state index >= 15 is 0 Å². The molecule has 2 aromatic rings. The van der Waals surface area contributed by atoms with Crippen LogP contribution in [0.4, 0.5) is 15.8 Å². The number of rotatable bonds is 5. The van der Waals surface area contributed by atoms with Gasteiger partial charge in [0.2, 0.25) is 11.8 Å². The van der Waals surface area contributed by atoms with Crippen molar-refractivity contribution in [3.63, 3.8) is 0 Å². The van der Waals surface area contributed by atoms with E-state index in [9.17, 15) is 14.0 Å². The molecule has 1 fully saturated rings. The summed E-state index contributed by atoms with van der Waals surface area (Å²) in [4.78, 5) is 30.9. The number of aliphatic imine (C=N–C) groups is 1. The Kier molecular flexibility index (Phi) is 6.36. The van der Waals surface area contributed by atoms with E-state index < -0.39 is 11.1 Å². The number of benzene rings is 2. The molecule has 8 heteroatoms. The number of carbonyl (C=O) groups excluding carboxylic acids is 2. The van der Waals surface area contributed by atoms with Crippen molar-refractivity contribution in [3.05, 3.63) is 58.9 Å². The third kappa shape index (κ3) is 4.54. The van der Waals surface area contributed by atoms with Crippen molar-refractivity contribution in [3.8, 4) is 0 Å². The molecule has 3 rings (SSSR count). The zero-order valence-electron chi connectivity index (χ0n) is 15.4. The Balaban J connectivity index is 1.74. The normalized spacial score (nSPS) is 18.0. The summed E-state index contributed by atoms with van der Waals surface area (Å²) in [7, 11) is 0. The Morgan fingerprint density at radius 2 is 2.07 bits per heavy atom. The van der Waals surface area contributed by atoms with Crippen LogP contribution in [-0.2, 0) is 9.59 Å². The van der Waals surface area contributed by atoms with Crippen LogP contribution in [0.25, 0.3) is 0 Å². The molecule has 2 aromatic carbocycles. The molecule has 1 aliphatic rings. The molecule has 1 atom stereocenters. The van der Waals surface area contributed by atoms with Crippen LogP contribution in [0.3, 0.4) is 0 Å². The number of carbonyl (C=O) groups is 2. The second-order valence-electron chi connectivity index (χ2n) is 6.25. The minimum atomic E-state index is -0.607. The van der Waals surface area contributed by atoms with Crippen molar-refractivity contribution in [2.75, 3.05) is 11.9 Å². The number of amidine groups is 1. The summed E-state index contributed by atoms with van der Waals surface area (Å²) in [6.45, 7) is 4.07. The fourth-order valence-electron chi connectivity index (χ4n) is 2.76. The molecule has 1 heterocycles. The minimum absolute atomic E-state index is 0.0117. The monoisotopic (exact) mass is 419 g/mol. The molecule has 28 heavy (non-hydrogen) atoms. The van der Waals surface area contributed by atoms with Crippen LogP contribution < -0.4 is 5.32 Å². The van der Waals surface area contributed by atoms with Gasteiger partial charge in [0, 0.05) is 23.7 Å². The number of para-hydroxylation sites is 1. The van der Waals surface area contributed by atoms with Gasteiger partial charge in [-0.15, -0.1) is 0 Å². The number of amides is 2. The van der Waals surface area contributed by atoms with E-state index in [0.29, 0.717) is 22.4 Å². The van der Waals surface area contributed by atoms with Crippen molar-refractivity contribution in [1.82, 2.24) is 4.90 Å². The van der Waals surface area contributed by atoms with Gasteiger partial charge >= 0.3 is 0 Å². The van der Waals surface area contributed by atoms with Gasteiger partial charge in [-0.25, -0.2) is 9.38 Å². The van der Waals surface area contributed by atoms with Crippen molar-refractivity contribution in [2.24, 2.45) is 4.99 Å². The quantitative estimate of drug-likeness (QED) is 0.759. The molecule has 5 nitrogen and oxygen atoms in total. The first-order valence-corrected chi connectivity index (χ1v) is 10.0. The Morgan fingerprint density at radius 1 is 1.32 bits per heavy atom. The number of halogens is 2. The maximum atomic E-state index is 13.9. The van der Waals surface area contributed by atoms with Crippen molar-refractivity contribution in [1.29, 1.82) is 0 Å². The van der Waals surface area contributed by atoms with E-state index in [2.05, 4.69) is 10.3 Å². The zero-order valence-corrected chi connectivity index (χ0v) is 17.0. The fraction of sp³-hybridized carbons (Fsp3) is 0.250. The van der Waals surface area contributed by atoms with Crippen molar-refractivity contribution >= 4 is 51.7 Å². The summed E-state index contributed by atoms with van der Waals surface area (Å²) >= 11 is 7.15. The average molecular weight is 420 g/mol. The van der Waals surface area contributed by atoms with Crippen LogP contribution in [0.5, 0.6) is 0 Å². The van der Waals surface area contributed by atoms with Crippen LogP contribution in [0, 0.1) is 12.7 Å². The summed E-state index contributed by atoms with van der Waals surface area (Å²) < 4.78 is 13.9. The number of anilines is 1. The SMILES string of the molecule is CCN1C(=O)[C@H](CC(=O)Nc2cc(Cl)ccc2C)SC1=Nc1ccccc1F. The molecule has 0 aromatic heterocycles. The van der Waals surface area contributed by atoms with Crippen LogP contribution in [0.1, 0.15) is 18.9 Å². The van der Waals surface area contributed by atoms with Gasteiger partial charge in [-0.1, -0.05) is 41.6 Å². The van der Waals surface area contributed by atoms with Gasteiger partial charge in [-0.05, 0) is 43.7 Å². The number of hydrogen-bond acceptors (Lipinski definition) is 4. The lowest BCUT2D eigenvalue weighted by molar-refractivity contribution is -0.128. The molecule has 1 N–H and O–H groups in total. The summed E-state index contributed by atoms with van der Waals surface area (Å²) in [6, 6.07) is 11.3. The molecule has 0 aliphatic carbocycles. The molecular formula is C20H19ClFN3O2S. The average Bonchev–Trinajstić information content (AvgIpc) is 2.94. The third-order valence-electron chi connectivity index (χ3n) is 4.25. The molecular weight excluding hydrogens is 401 g/mol. The van der Waals surface area contributed by atoms with Crippen molar-refractivity contribution in [2.45, 2.75) is 25.5 Å². The van der Waals surface area contributed by atoms with Gasteiger partial charge < -0.3 is 5.32 Å². The van der Waals surface area contributed by atoms with Crippen LogP contribution in [0.2, 0.25) is 5.02 Å². The van der Waals surface area contributed by atoms with E-state index in [1.165, 1.54) is 22.7 Å². The largest absolute Gasteiger partial charge is 0.326 e. The Labute approximate surface area is 172 Å². The highest BCUT2D eigenvalue weighted by molar-refractivity contribution is 8.15. The lowest BCUT2D eigenvalue weighted by Crippen LogP contribution is -2.33. The molecule has 0 radical (unpaired) electrons. The van der Waals surface area contributed by atoms with Crippen LogP contribution in [-0.4, -0.2) is 33.7 Å². The minimum Gasteiger partial charge on any atom is -0.326 e. The first kappa shape index (κ1) is 20.4. The number of thioether (sulfide) groups is 1. The Morgan fingerprint density at radius 3 is 2.79 bits per heavy atom. The van der Waals surface area contributed by atoms with E-state index in [1.807, 2.05) is 19.9 Å². The van der Waals surface area contributed by atoms with Gasteiger partial charge in [0.25, 0.3) is 0 Å². The predicted molar refractivity (Wildman–Crippen MR) is 112 cm³/mol. The molecule has 2 amide bonds. The van der Waals surface area contributed by atoms with Crippen molar-refractivity contribution < 1.29 is 14.0 Å². The number of aryl methyl sites for hydroxylation is 1. The summed E-state index contributed by atoms with van der Waals surface area (Å²) in [5, 5.41) is 3.11. The molecule has 0 unspecified atom stereocenters. The van der Waals surface area contributed by atoms with Gasteiger partial charge in [0.15, 0.2) is 5.17 Å². The van der Waals surface area contributed by atoms with Gasteiger partial charge in [0.05, 0.1) is 0 Å². The number of nitrogens with one attached hydrogen (secondary N) is 1. The van der Waals surface area contributed by atoms with Gasteiger partial charge in [-0.2, -0.15) is 0 Å². The smallest absolute Gasteiger partial charge is 0.242 e. The Bertz CT molecular complexity index is 951. The molecule has 1 saturated heterocycles. The number of hydrogen-bond donors (Lipinski definition) is 1. The van der Waals surface area contributed by atoms with E-state index in [4.69, 9.17) is 11.6 Å². The zero-order chi connectivity index (χ0) is 20.3. The highest BCUT2D eigenvalue weighted by Crippen LogP contribution is 2.32. The first-order valence-electron chi connectivity index (χ1n) is 8.76. The fourth-order valence-corrected chi connectivity index (χ4v) is 4.15. The molecule has 0 saturated carbocycles. The molecule has 0 spiro atoms. The topological polar surface area (TPSA) is 61.8 Å². The highest BCUT2D eigenvalue weighted by atomic mass is 35.5. The highest BCUT2D eigenvalue weighted by Gasteiger charge is 2.38. The summed E-state index contributed by atoms with van der Waals surface area (Å²) in [5.41, 5.74) is 1.65. The van der Waals surface area contributed by atoms with E-state index in [1.54, 1.807) is 30.3 Å². The van der Waals surface area contributed by atoms with Crippen LogP contribution >= 0.6 is 23.4 Å². The van der Waals surface area contributed by atoms with Crippen LogP contribution in [0.15, 0.2) is 47.5 Å². The second-order valence-corrected chi connectivity index (χ2v) is 7.85. The lowest BCUT2D eigenvalue weighted by Gasteiger charge is -2.13. The van der Waals surface area contributed by atoms with Gasteiger partial charge in [-0.3, -0.25) is 14.5 Å². The maximum Gasteiger partial charge on any atom is 0.242 e. The second kappa shape index (κ2) is 8.75. The maximum absolute atomic E-state index is 13.9. The predicted octanol–water partition coefficient (Wildman–Crippen LogP) is 4.77. The standard InChI is InChI=1S/C20H19ClFN3O2S/c1-3-25-19(27)17(28-20(25)24-15-7-5-4-6-14(15)22)11-18(26)23-16-10-13(21)9-8-12(16)2/h4-10,17H,3,11H2,1-2H3,(H,23,26)/t17-/m0/s1. The third-order valence-corrected chi connectivity index (χ3v) is 5.66. The molecule has 1 aliphatic heterocycles. The van der Waals surface area contributed by atoms with Gasteiger partial charge in [0.1, 0.15) is 16.8 Å². The van der Waals surface area contributed by atoms with E-state index in [0.717, 1.165) is 5.56 Å². The Hall–Kier alpha value is -2.38. The first-order chi connectivity index (χ1) is 13.4.